The highest BCUT2D eigenvalue weighted by molar-refractivity contribution is 5.96. The second-order valence-electron chi connectivity index (χ2n) is 4.04. The van der Waals surface area contributed by atoms with Crippen molar-refractivity contribution in [3.63, 3.8) is 0 Å². The summed E-state index contributed by atoms with van der Waals surface area (Å²) in [6.07, 6.45) is -3.27. The molecule has 2 aromatic rings. The molecule has 1 aromatic heterocycles. The zero-order valence-electron chi connectivity index (χ0n) is 10.2. The van der Waals surface area contributed by atoms with Gasteiger partial charge in [0.1, 0.15) is 0 Å². The second kappa shape index (κ2) is 4.53. The smallest absolute Gasteiger partial charge is 0.418 e. The lowest BCUT2D eigenvalue weighted by atomic mass is 10.0. The van der Waals surface area contributed by atoms with Crippen LogP contribution in [0.2, 0.25) is 0 Å². The summed E-state index contributed by atoms with van der Waals surface area (Å²) in [5, 5.41) is 0.290. The summed E-state index contributed by atoms with van der Waals surface area (Å²) in [6.45, 7) is 1.66. The van der Waals surface area contributed by atoms with E-state index in [0.29, 0.717) is 5.56 Å². The molecule has 1 aromatic carbocycles. The van der Waals surface area contributed by atoms with E-state index in [1.807, 2.05) is 0 Å². The quantitative estimate of drug-likeness (QED) is 0.745. The zero-order valence-corrected chi connectivity index (χ0v) is 10.2. The molecule has 0 saturated carbocycles. The van der Waals surface area contributed by atoms with Crippen LogP contribution in [0, 0.1) is 6.92 Å². The summed E-state index contributed by atoms with van der Waals surface area (Å²) in [7, 11) is 1.12. The highest BCUT2D eigenvalue weighted by Crippen LogP contribution is 2.35. The first-order chi connectivity index (χ1) is 8.84. The molecule has 1 heterocycles. The lowest BCUT2D eigenvalue weighted by molar-refractivity contribution is -0.136. The highest BCUT2D eigenvalue weighted by atomic mass is 19.4. The molecule has 3 nitrogen and oxygen atoms in total. The van der Waals surface area contributed by atoms with Crippen molar-refractivity contribution in [2.75, 3.05) is 7.11 Å². The van der Waals surface area contributed by atoms with Gasteiger partial charge in [-0.1, -0.05) is 0 Å². The van der Waals surface area contributed by atoms with Crippen LogP contribution in [0.1, 0.15) is 21.5 Å². The van der Waals surface area contributed by atoms with Crippen LogP contribution in [-0.4, -0.2) is 18.1 Å². The molecule has 0 saturated heterocycles. The van der Waals surface area contributed by atoms with Crippen molar-refractivity contribution in [3.05, 3.63) is 41.1 Å². The Bertz CT molecular complexity index is 650. The topological polar surface area (TPSA) is 39.2 Å². The zero-order chi connectivity index (χ0) is 14.2. The maximum Gasteiger partial charge on any atom is 0.418 e. The van der Waals surface area contributed by atoms with Crippen LogP contribution in [-0.2, 0) is 10.9 Å². The van der Waals surface area contributed by atoms with E-state index >= 15 is 0 Å². The number of methoxy groups -OCH3 is 1. The Kier molecular flexibility index (Phi) is 3.18. The second-order valence-corrected chi connectivity index (χ2v) is 4.04. The third-order valence-electron chi connectivity index (χ3n) is 2.79. The SMILES string of the molecule is COC(=O)c1cc(C(F)(F)F)c2nccc(C)c2c1. The van der Waals surface area contributed by atoms with Gasteiger partial charge in [-0.2, -0.15) is 13.2 Å². The minimum Gasteiger partial charge on any atom is -0.465 e. The number of esters is 1. The van der Waals surface area contributed by atoms with Gasteiger partial charge in [0.05, 0.1) is 23.8 Å². The third-order valence-corrected chi connectivity index (χ3v) is 2.79. The maximum absolute atomic E-state index is 13.0. The Morgan fingerprint density at radius 1 is 1.32 bits per heavy atom. The van der Waals surface area contributed by atoms with Crippen molar-refractivity contribution >= 4 is 16.9 Å². The van der Waals surface area contributed by atoms with E-state index in [1.54, 1.807) is 13.0 Å². The molecule has 19 heavy (non-hydrogen) atoms. The average Bonchev–Trinajstić information content (AvgIpc) is 2.36. The van der Waals surface area contributed by atoms with Gasteiger partial charge >= 0.3 is 12.1 Å². The molecular formula is C13H10F3NO2. The van der Waals surface area contributed by atoms with Gasteiger partial charge in [-0.25, -0.2) is 4.79 Å². The van der Waals surface area contributed by atoms with Crippen molar-refractivity contribution in [2.24, 2.45) is 0 Å². The van der Waals surface area contributed by atoms with Crippen LogP contribution >= 0.6 is 0 Å². The number of ether oxygens (including phenoxy) is 1. The van der Waals surface area contributed by atoms with E-state index < -0.39 is 17.7 Å². The molecule has 0 atom stereocenters. The van der Waals surface area contributed by atoms with Gasteiger partial charge in [-0.3, -0.25) is 4.98 Å². The maximum atomic E-state index is 13.0. The van der Waals surface area contributed by atoms with E-state index in [9.17, 15) is 18.0 Å². The predicted molar refractivity (Wildman–Crippen MR) is 62.8 cm³/mol. The van der Waals surface area contributed by atoms with Gasteiger partial charge in [-0.05, 0) is 30.7 Å². The predicted octanol–water partition coefficient (Wildman–Crippen LogP) is 3.35. The lowest BCUT2D eigenvalue weighted by Crippen LogP contribution is -2.10. The fourth-order valence-electron chi connectivity index (χ4n) is 1.84. The first-order valence-electron chi connectivity index (χ1n) is 5.39. The lowest BCUT2D eigenvalue weighted by Gasteiger charge is -2.12. The van der Waals surface area contributed by atoms with Crippen molar-refractivity contribution in [1.29, 1.82) is 0 Å². The number of carbonyl (C=O) groups is 1. The minimum atomic E-state index is -4.58. The first kappa shape index (κ1) is 13.3. The van der Waals surface area contributed by atoms with Crippen LogP contribution in [0.25, 0.3) is 10.9 Å². The molecule has 0 spiro atoms. The monoisotopic (exact) mass is 269 g/mol. The molecule has 0 N–H and O–H groups in total. The molecule has 0 bridgehead atoms. The van der Waals surface area contributed by atoms with Gasteiger partial charge in [0.15, 0.2) is 0 Å². The first-order valence-corrected chi connectivity index (χ1v) is 5.39. The van der Waals surface area contributed by atoms with E-state index in [4.69, 9.17) is 0 Å². The van der Waals surface area contributed by atoms with Crippen molar-refractivity contribution in [1.82, 2.24) is 4.98 Å². The van der Waals surface area contributed by atoms with Crippen LogP contribution in [0.15, 0.2) is 24.4 Å². The van der Waals surface area contributed by atoms with Gasteiger partial charge in [0, 0.05) is 11.6 Å². The molecule has 0 aliphatic carbocycles. The van der Waals surface area contributed by atoms with Crippen LogP contribution in [0.3, 0.4) is 0 Å². The third kappa shape index (κ3) is 2.38. The molecule has 2 rings (SSSR count). The van der Waals surface area contributed by atoms with Crippen molar-refractivity contribution < 1.29 is 22.7 Å². The number of hydrogen-bond acceptors (Lipinski definition) is 3. The number of alkyl halides is 3. The number of fused-ring (bicyclic) bond motifs is 1. The molecule has 0 fully saturated rings. The standard InChI is InChI=1S/C13H10F3NO2/c1-7-3-4-17-11-9(7)5-8(12(18)19-2)6-10(11)13(14,15)16/h3-6H,1-2H3. The fourth-order valence-corrected chi connectivity index (χ4v) is 1.84. The fraction of sp³-hybridized carbons (Fsp3) is 0.231. The molecule has 0 aliphatic rings. The van der Waals surface area contributed by atoms with E-state index in [2.05, 4.69) is 9.72 Å². The van der Waals surface area contributed by atoms with Crippen molar-refractivity contribution in [2.45, 2.75) is 13.1 Å². The molecule has 0 amide bonds. The average molecular weight is 269 g/mol. The van der Waals surface area contributed by atoms with Gasteiger partial charge in [0.2, 0.25) is 0 Å². The summed E-state index contributed by atoms with van der Waals surface area (Å²) in [6, 6.07) is 3.71. The summed E-state index contributed by atoms with van der Waals surface area (Å²) >= 11 is 0. The van der Waals surface area contributed by atoms with Crippen molar-refractivity contribution in [3.8, 4) is 0 Å². The Morgan fingerprint density at radius 2 is 2.00 bits per heavy atom. The number of hydrogen-bond donors (Lipinski definition) is 0. The number of benzene rings is 1. The van der Waals surface area contributed by atoms with Crippen LogP contribution in [0.5, 0.6) is 0 Å². The number of aromatic nitrogens is 1. The number of aryl methyl sites for hydroxylation is 1. The van der Waals surface area contributed by atoms with E-state index in [1.165, 1.54) is 12.3 Å². The van der Waals surface area contributed by atoms with E-state index in [-0.39, 0.29) is 16.5 Å². The summed E-state index contributed by atoms with van der Waals surface area (Å²) < 4.78 is 43.5. The summed E-state index contributed by atoms with van der Waals surface area (Å²) in [5.41, 5.74) is -0.631. The number of rotatable bonds is 1. The number of pyridine rings is 1. The van der Waals surface area contributed by atoms with Crippen LogP contribution < -0.4 is 0 Å². The largest absolute Gasteiger partial charge is 0.465 e. The molecule has 100 valence electrons. The number of nitrogens with zero attached hydrogens (tertiary/aromatic N) is 1. The Labute approximate surface area is 107 Å². The molecule has 6 heteroatoms. The summed E-state index contributed by atoms with van der Waals surface area (Å²) in [5.74, 6) is -0.810. The Morgan fingerprint density at radius 3 is 2.58 bits per heavy atom. The molecular weight excluding hydrogens is 259 g/mol. The highest BCUT2D eigenvalue weighted by Gasteiger charge is 2.34. The Hall–Kier alpha value is -2.11. The Balaban J connectivity index is 2.85. The van der Waals surface area contributed by atoms with Gasteiger partial charge < -0.3 is 4.74 Å². The van der Waals surface area contributed by atoms with E-state index in [0.717, 1.165) is 13.2 Å². The van der Waals surface area contributed by atoms with Gasteiger partial charge in [-0.15, -0.1) is 0 Å². The van der Waals surface area contributed by atoms with Crippen LogP contribution in [0.4, 0.5) is 13.2 Å². The normalized spacial score (nSPS) is 11.6. The number of halogens is 3. The minimum absolute atomic E-state index is 0.140. The summed E-state index contributed by atoms with van der Waals surface area (Å²) in [4.78, 5) is 15.2. The molecule has 0 aliphatic heterocycles. The molecule has 0 radical (unpaired) electrons. The molecule has 0 unspecified atom stereocenters. The van der Waals surface area contributed by atoms with Gasteiger partial charge in [0.25, 0.3) is 0 Å². The number of carbonyl (C=O) groups excluding carboxylic acids is 1.